The minimum Gasteiger partial charge on any atom is -0.366 e. The van der Waals surface area contributed by atoms with E-state index in [-0.39, 0.29) is 12.3 Å². The van der Waals surface area contributed by atoms with E-state index >= 15 is 0 Å². The van der Waals surface area contributed by atoms with Gasteiger partial charge in [0.15, 0.2) is 0 Å². The highest BCUT2D eigenvalue weighted by Gasteiger charge is 2.03. The number of amides is 2. The summed E-state index contributed by atoms with van der Waals surface area (Å²) in [5, 5.41) is 2.62. The Morgan fingerprint density at radius 3 is 2.80 bits per heavy atom. The first-order valence-electron chi connectivity index (χ1n) is 4.44. The molecule has 1 aromatic rings. The Balaban J connectivity index is 2.77. The third-order valence-corrected chi connectivity index (χ3v) is 1.76. The predicted octanol–water partition coefficient (Wildman–Crippen LogP) is 1.30. The molecule has 1 rings (SSSR count). The van der Waals surface area contributed by atoms with Crippen molar-refractivity contribution in [2.24, 2.45) is 5.73 Å². The van der Waals surface area contributed by atoms with Crippen LogP contribution in [0.4, 0.5) is 5.69 Å². The van der Waals surface area contributed by atoms with Gasteiger partial charge in [0.2, 0.25) is 11.8 Å². The van der Waals surface area contributed by atoms with Crippen LogP contribution in [0.25, 0.3) is 0 Å². The number of hydrogen-bond donors (Lipinski definition) is 2. The molecule has 0 radical (unpaired) electrons. The summed E-state index contributed by atoms with van der Waals surface area (Å²) in [6, 6.07) is 6.46. The number of nitrogens with two attached hydrogens (primary N) is 1. The molecule has 0 heterocycles. The van der Waals surface area contributed by atoms with Crippen molar-refractivity contribution in [2.45, 2.75) is 6.42 Å². The van der Waals surface area contributed by atoms with Gasteiger partial charge in [-0.05, 0) is 18.2 Å². The lowest BCUT2D eigenvalue weighted by Gasteiger charge is -2.04. The van der Waals surface area contributed by atoms with E-state index in [1.165, 1.54) is 12.1 Å². The first-order chi connectivity index (χ1) is 7.13. The van der Waals surface area contributed by atoms with Gasteiger partial charge in [0, 0.05) is 17.7 Å². The van der Waals surface area contributed by atoms with E-state index in [0.29, 0.717) is 11.3 Å². The molecule has 2 amide bonds. The van der Waals surface area contributed by atoms with Crippen LogP contribution in [0.3, 0.4) is 0 Å². The van der Waals surface area contributed by atoms with Gasteiger partial charge in [0.25, 0.3) is 0 Å². The summed E-state index contributed by atoms with van der Waals surface area (Å²) in [5.74, 6) is -0.693. The number of hydrogen-bond acceptors (Lipinski definition) is 2. The molecule has 0 aliphatic carbocycles. The minimum atomic E-state index is -0.519. The summed E-state index contributed by atoms with van der Waals surface area (Å²) in [7, 11) is 0. The zero-order chi connectivity index (χ0) is 11.3. The number of anilines is 1. The van der Waals surface area contributed by atoms with E-state index in [4.69, 9.17) is 5.73 Å². The monoisotopic (exact) mass is 204 g/mol. The molecule has 0 aliphatic heterocycles. The zero-order valence-electron chi connectivity index (χ0n) is 8.19. The standard InChI is InChI=1S/C11H12N2O2/c1-2-4-10(14)13-9-6-3-5-8(7-9)11(12)15/h2-3,5-7H,1,4H2,(H2,12,15)(H,13,14). The van der Waals surface area contributed by atoms with Crippen molar-refractivity contribution in [2.75, 3.05) is 5.32 Å². The summed E-state index contributed by atoms with van der Waals surface area (Å²) in [5.41, 5.74) is 6.03. The average Bonchev–Trinajstić information content (AvgIpc) is 2.18. The maximum absolute atomic E-state index is 11.2. The van der Waals surface area contributed by atoms with Gasteiger partial charge in [-0.15, -0.1) is 6.58 Å². The highest BCUT2D eigenvalue weighted by molar-refractivity contribution is 5.96. The quantitative estimate of drug-likeness (QED) is 0.725. The summed E-state index contributed by atoms with van der Waals surface area (Å²) in [4.78, 5) is 22.1. The smallest absolute Gasteiger partial charge is 0.248 e. The van der Waals surface area contributed by atoms with E-state index in [9.17, 15) is 9.59 Å². The van der Waals surface area contributed by atoms with Gasteiger partial charge in [-0.1, -0.05) is 12.1 Å². The highest BCUT2D eigenvalue weighted by atomic mass is 16.2. The molecule has 0 saturated heterocycles. The molecular formula is C11H12N2O2. The predicted molar refractivity (Wildman–Crippen MR) is 58.4 cm³/mol. The van der Waals surface area contributed by atoms with Crippen molar-refractivity contribution >= 4 is 17.5 Å². The fraction of sp³-hybridized carbons (Fsp3) is 0.0909. The largest absolute Gasteiger partial charge is 0.366 e. The average molecular weight is 204 g/mol. The van der Waals surface area contributed by atoms with Crippen LogP contribution in [-0.2, 0) is 4.79 Å². The van der Waals surface area contributed by atoms with Gasteiger partial charge in [-0.25, -0.2) is 0 Å². The van der Waals surface area contributed by atoms with Gasteiger partial charge in [-0.2, -0.15) is 0 Å². The maximum Gasteiger partial charge on any atom is 0.248 e. The Morgan fingerprint density at radius 2 is 2.20 bits per heavy atom. The van der Waals surface area contributed by atoms with Crippen LogP contribution >= 0.6 is 0 Å². The third kappa shape index (κ3) is 3.27. The Kier molecular flexibility index (Phi) is 3.62. The molecule has 78 valence electrons. The summed E-state index contributed by atoms with van der Waals surface area (Å²) >= 11 is 0. The van der Waals surface area contributed by atoms with E-state index in [1.54, 1.807) is 18.2 Å². The molecule has 0 spiro atoms. The minimum absolute atomic E-state index is 0.174. The lowest BCUT2D eigenvalue weighted by Crippen LogP contribution is -2.13. The molecular weight excluding hydrogens is 192 g/mol. The van der Waals surface area contributed by atoms with Crippen LogP contribution in [0.5, 0.6) is 0 Å². The maximum atomic E-state index is 11.2. The molecule has 0 atom stereocenters. The Labute approximate surface area is 87.8 Å². The molecule has 0 fully saturated rings. The van der Waals surface area contributed by atoms with Crippen LogP contribution in [-0.4, -0.2) is 11.8 Å². The fourth-order valence-electron chi connectivity index (χ4n) is 1.09. The van der Waals surface area contributed by atoms with E-state index in [2.05, 4.69) is 11.9 Å². The number of primary amides is 1. The molecule has 0 saturated carbocycles. The van der Waals surface area contributed by atoms with Crippen LogP contribution in [0.2, 0.25) is 0 Å². The van der Waals surface area contributed by atoms with Crippen molar-refractivity contribution in [1.82, 2.24) is 0 Å². The van der Waals surface area contributed by atoms with Crippen LogP contribution in [0, 0.1) is 0 Å². The molecule has 0 aliphatic rings. The Morgan fingerprint density at radius 1 is 1.47 bits per heavy atom. The van der Waals surface area contributed by atoms with Gasteiger partial charge in [-0.3, -0.25) is 9.59 Å². The van der Waals surface area contributed by atoms with Crippen molar-refractivity contribution in [3.05, 3.63) is 42.5 Å². The SMILES string of the molecule is C=CCC(=O)Nc1cccc(C(N)=O)c1. The van der Waals surface area contributed by atoms with Crippen molar-refractivity contribution in [3.63, 3.8) is 0 Å². The first kappa shape index (κ1) is 11.0. The fourth-order valence-corrected chi connectivity index (χ4v) is 1.09. The van der Waals surface area contributed by atoms with Crippen LogP contribution in [0.1, 0.15) is 16.8 Å². The van der Waals surface area contributed by atoms with Gasteiger partial charge in [0.1, 0.15) is 0 Å². The molecule has 3 N–H and O–H groups in total. The lowest BCUT2D eigenvalue weighted by molar-refractivity contribution is -0.115. The Bertz CT molecular complexity index is 399. The molecule has 4 heteroatoms. The van der Waals surface area contributed by atoms with Crippen molar-refractivity contribution < 1.29 is 9.59 Å². The van der Waals surface area contributed by atoms with E-state index in [0.717, 1.165) is 0 Å². The van der Waals surface area contributed by atoms with E-state index < -0.39 is 5.91 Å². The van der Waals surface area contributed by atoms with Crippen LogP contribution in [0.15, 0.2) is 36.9 Å². The summed E-state index contributed by atoms with van der Waals surface area (Å²) < 4.78 is 0. The van der Waals surface area contributed by atoms with Gasteiger partial charge in [0.05, 0.1) is 0 Å². The normalized spacial score (nSPS) is 9.33. The first-order valence-corrected chi connectivity index (χ1v) is 4.44. The summed E-state index contributed by atoms with van der Waals surface area (Å²) in [6.07, 6.45) is 1.74. The number of nitrogens with one attached hydrogen (secondary N) is 1. The Hall–Kier alpha value is -2.10. The number of rotatable bonds is 4. The van der Waals surface area contributed by atoms with Crippen molar-refractivity contribution in [3.8, 4) is 0 Å². The molecule has 0 unspecified atom stereocenters. The second kappa shape index (κ2) is 4.95. The molecule has 15 heavy (non-hydrogen) atoms. The summed E-state index contributed by atoms with van der Waals surface area (Å²) in [6.45, 7) is 3.45. The van der Waals surface area contributed by atoms with Crippen LogP contribution < -0.4 is 11.1 Å². The highest BCUT2D eigenvalue weighted by Crippen LogP contribution is 2.10. The lowest BCUT2D eigenvalue weighted by atomic mass is 10.2. The third-order valence-electron chi connectivity index (χ3n) is 1.76. The molecule has 0 aromatic heterocycles. The molecule has 1 aromatic carbocycles. The molecule has 0 bridgehead atoms. The van der Waals surface area contributed by atoms with Gasteiger partial charge >= 0.3 is 0 Å². The molecule has 4 nitrogen and oxygen atoms in total. The van der Waals surface area contributed by atoms with Gasteiger partial charge < -0.3 is 11.1 Å². The zero-order valence-corrected chi connectivity index (χ0v) is 8.19. The number of carbonyl (C=O) groups is 2. The second-order valence-corrected chi connectivity index (χ2v) is 2.99. The van der Waals surface area contributed by atoms with E-state index in [1.807, 2.05) is 0 Å². The van der Waals surface area contributed by atoms with Crippen molar-refractivity contribution in [1.29, 1.82) is 0 Å². The second-order valence-electron chi connectivity index (χ2n) is 2.99. The topological polar surface area (TPSA) is 72.2 Å². The number of benzene rings is 1. The number of carbonyl (C=O) groups excluding carboxylic acids is 2.